The molecular formula is C93H152O16P2. The lowest BCUT2D eigenvalue weighted by molar-refractivity contribution is -0.161. The fourth-order valence-corrected chi connectivity index (χ4v) is 12.5. The van der Waals surface area contributed by atoms with Gasteiger partial charge in [0.05, 0.1) is 26.4 Å². The summed E-state index contributed by atoms with van der Waals surface area (Å²) >= 11 is 0. The molecule has 0 fully saturated rings. The number of carbonyl (C=O) groups is 3. The van der Waals surface area contributed by atoms with Crippen LogP contribution in [0.3, 0.4) is 0 Å². The summed E-state index contributed by atoms with van der Waals surface area (Å²) in [6.07, 6.45) is 111. The van der Waals surface area contributed by atoms with Gasteiger partial charge in [0.25, 0.3) is 0 Å². The molecule has 0 aliphatic rings. The second-order valence-corrected chi connectivity index (χ2v) is 30.7. The zero-order valence-electron chi connectivity index (χ0n) is 69.1. The first-order chi connectivity index (χ1) is 54.2. The third-order valence-corrected chi connectivity index (χ3v) is 19.2. The predicted molar refractivity (Wildman–Crippen MR) is 463 cm³/mol. The van der Waals surface area contributed by atoms with E-state index >= 15 is 0 Å². The molecule has 0 aliphatic heterocycles. The third kappa shape index (κ3) is 85.1. The van der Waals surface area contributed by atoms with E-state index in [9.17, 15) is 43.5 Å². The Bertz CT molecular complexity index is 2800. The summed E-state index contributed by atoms with van der Waals surface area (Å²) in [4.78, 5) is 58.8. The minimum Gasteiger partial charge on any atom is -0.463 e. The van der Waals surface area contributed by atoms with Crippen molar-refractivity contribution in [2.45, 2.75) is 334 Å². The Labute approximate surface area is 674 Å². The second-order valence-electron chi connectivity index (χ2n) is 27.8. The van der Waals surface area contributed by atoms with E-state index in [-0.39, 0.29) is 19.3 Å². The number of phosphoric acid groups is 2. The molecule has 630 valence electrons. The number of ether oxygens (including phenoxy) is 3. The van der Waals surface area contributed by atoms with Crippen molar-refractivity contribution >= 4 is 33.6 Å². The highest BCUT2D eigenvalue weighted by molar-refractivity contribution is 7.47. The quantitative estimate of drug-likeness (QED) is 0.0146. The van der Waals surface area contributed by atoms with Crippen molar-refractivity contribution in [3.63, 3.8) is 0 Å². The number of aliphatic hydroxyl groups excluding tert-OH is 2. The molecule has 0 bridgehead atoms. The molecular weight excluding hydrogens is 1430 g/mol. The van der Waals surface area contributed by atoms with Gasteiger partial charge in [0, 0.05) is 19.3 Å². The molecule has 0 rings (SSSR count). The summed E-state index contributed by atoms with van der Waals surface area (Å²) < 4.78 is 61.2. The first-order valence-electron chi connectivity index (χ1n) is 42.7. The van der Waals surface area contributed by atoms with Gasteiger partial charge in [-0.05, 0) is 161 Å². The number of rotatable bonds is 79. The number of phosphoric ester groups is 2. The fourth-order valence-electron chi connectivity index (χ4n) is 10.9. The van der Waals surface area contributed by atoms with Crippen LogP contribution in [0, 0.1) is 0 Å². The van der Waals surface area contributed by atoms with Crippen LogP contribution in [0.1, 0.15) is 316 Å². The smallest absolute Gasteiger partial charge is 0.463 e. The minimum absolute atomic E-state index is 0.0539. The summed E-state index contributed by atoms with van der Waals surface area (Å²) in [5.41, 5.74) is 0. The molecule has 16 nitrogen and oxygen atoms in total. The van der Waals surface area contributed by atoms with Gasteiger partial charge in [-0.3, -0.25) is 32.5 Å². The van der Waals surface area contributed by atoms with Gasteiger partial charge in [-0.25, -0.2) is 9.13 Å². The van der Waals surface area contributed by atoms with Crippen molar-refractivity contribution in [2.75, 3.05) is 39.6 Å². The Balaban J connectivity index is 4.54. The first kappa shape index (κ1) is 105. The lowest BCUT2D eigenvalue weighted by Gasteiger charge is -2.21. The largest absolute Gasteiger partial charge is 0.472 e. The zero-order valence-corrected chi connectivity index (χ0v) is 70.8. The highest BCUT2D eigenvalue weighted by Gasteiger charge is 2.29. The predicted octanol–water partition coefficient (Wildman–Crippen LogP) is 25.9. The SMILES string of the molecule is CC/C=C\C/C=C\C/C=C\C/C=C\C/C=C\C/C=C\CCCCCCCCCCCCCCCCCCC(=O)OCC(O)COP(=O)(O)OCC(O)COP(=O)(O)OCC(COC(=O)CCCCCCC/C=C\C/C=C\C/C=C\C/C=C\C/C=C\CC)OC(=O)CCCCC/C=C\C/C=C\C/C=C\C/C=C\C/C=C\CC. The Hall–Kier alpha value is -5.61. The van der Waals surface area contributed by atoms with Crippen LogP contribution in [0.5, 0.6) is 0 Å². The molecule has 18 heteroatoms. The molecule has 0 radical (unpaired) electrons. The molecule has 0 spiro atoms. The topological polar surface area (TPSA) is 231 Å². The maximum absolute atomic E-state index is 13.0. The minimum atomic E-state index is -4.96. The average Bonchev–Trinajstić information content (AvgIpc) is 0.901. The van der Waals surface area contributed by atoms with E-state index in [1.165, 1.54) is 83.5 Å². The van der Waals surface area contributed by atoms with Crippen molar-refractivity contribution in [1.29, 1.82) is 0 Å². The molecule has 0 aromatic heterocycles. The van der Waals surface area contributed by atoms with Gasteiger partial charge in [-0.15, -0.1) is 0 Å². The van der Waals surface area contributed by atoms with Crippen molar-refractivity contribution in [3.8, 4) is 0 Å². The lowest BCUT2D eigenvalue weighted by atomic mass is 10.0. The van der Waals surface area contributed by atoms with Crippen LogP contribution >= 0.6 is 15.6 Å². The fraction of sp³-hybridized carbons (Fsp3) is 0.624. The van der Waals surface area contributed by atoms with Gasteiger partial charge in [-0.2, -0.15) is 0 Å². The summed E-state index contributed by atoms with van der Waals surface area (Å²) in [6.45, 7) is 2.27. The van der Waals surface area contributed by atoms with Crippen LogP contribution in [0.15, 0.2) is 194 Å². The number of hydrogen-bond donors (Lipinski definition) is 4. The van der Waals surface area contributed by atoms with Crippen molar-refractivity contribution < 1.29 is 75.8 Å². The van der Waals surface area contributed by atoms with Gasteiger partial charge >= 0.3 is 33.6 Å². The summed E-state index contributed by atoms with van der Waals surface area (Å²) in [5, 5.41) is 20.7. The molecule has 0 aromatic rings. The molecule has 0 saturated heterocycles. The maximum atomic E-state index is 13.0. The zero-order chi connectivity index (χ0) is 80.8. The van der Waals surface area contributed by atoms with E-state index in [2.05, 4.69) is 215 Å². The van der Waals surface area contributed by atoms with E-state index in [1.54, 1.807) is 0 Å². The monoisotopic (exact) mass is 1590 g/mol. The van der Waals surface area contributed by atoms with Gasteiger partial charge in [0.1, 0.15) is 25.4 Å². The highest BCUT2D eigenvalue weighted by atomic mass is 31.2. The number of allylic oxidation sites excluding steroid dienone is 32. The molecule has 0 amide bonds. The Morgan fingerprint density at radius 2 is 0.450 bits per heavy atom. The van der Waals surface area contributed by atoms with Crippen LogP contribution in [0.25, 0.3) is 0 Å². The van der Waals surface area contributed by atoms with Crippen LogP contribution in [0.2, 0.25) is 0 Å². The molecule has 0 heterocycles. The van der Waals surface area contributed by atoms with Gasteiger partial charge in [-0.1, -0.05) is 331 Å². The molecule has 5 unspecified atom stereocenters. The van der Waals surface area contributed by atoms with Crippen molar-refractivity contribution in [3.05, 3.63) is 194 Å². The molecule has 0 aliphatic carbocycles. The van der Waals surface area contributed by atoms with E-state index in [1.807, 2.05) is 0 Å². The van der Waals surface area contributed by atoms with Gasteiger partial charge in [0.2, 0.25) is 0 Å². The van der Waals surface area contributed by atoms with Crippen molar-refractivity contribution in [2.24, 2.45) is 0 Å². The van der Waals surface area contributed by atoms with E-state index < -0.39 is 91.5 Å². The standard InChI is InChI=1S/C93H152O16P2/c1-4-7-10-13-16-19-22-25-28-31-34-36-37-38-39-40-41-42-43-44-45-46-47-48-49-51-54-55-58-61-64-67-70-73-76-79-91(96)103-82-88(94)83-105-110(99,100)106-84-89(95)85-107-111(101,102)108-87-90(109-93(98)81-78-75-72-69-66-63-60-57-52-33-30-27-24-21-18-15-12-9-6-3)86-104-92(97)80-77-74-71-68-65-62-59-56-53-50-35-32-29-26-23-20-17-14-11-8-5-2/h7-12,16-21,25-30,34-36,38-39,41-42,50,52,56-57,59,63,66,88-90,94-95H,4-6,13-15,22-24,31-33,37,40,43-49,51,53-55,58,60-62,64-65,67-87H2,1-3H3,(H,99,100)(H,101,102)/b10-7-,11-8-,12-9-,19-16-,20-17-,21-18-,28-25-,29-26-,30-27-,36-34-,39-38-,42-41-,50-35-,57-52-,59-56-,66-63-. The van der Waals surface area contributed by atoms with E-state index in [4.69, 9.17) is 32.3 Å². The van der Waals surface area contributed by atoms with Crippen LogP contribution in [0.4, 0.5) is 0 Å². The normalized spacial score (nSPS) is 14.8. The number of hydrogen-bond acceptors (Lipinski definition) is 14. The number of unbranched alkanes of at least 4 members (excludes halogenated alkanes) is 24. The molecule has 111 heavy (non-hydrogen) atoms. The summed E-state index contributed by atoms with van der Waals surface area (Å²) in [6, 6.07) is 0. The lowest BCUT2D eigenvalue weighted by Crippen LogP contribution is -2.30. The Morgan fingerprint density at radius 1 is 0.252 bits per heavy atom. The van der Waals surface area contributed by atoms with Crippen molar-refractivity contribution in [1.82, 2.24) is 0 Å². The van der Waals surface area contributed by atoms with Crippen LogP contribution < -0.4 is 0 Å². The number of carbonyl (C=O) groups excluding carboxylic acids is 3. The Morgan fingerprint density at radius 3 is 0.721 bits per heavy atom. The Kier molecular flexibility index (Phi) is 79.6. The first-order valence-corrected chi connectivity index (χ1v) is 45.7. The van der Waals surface area contributed by atoms with E-state index in [0.717, 1.165) is 173 Å². The number of esters is 3. The van der Waals surface area contributed by atoms with Crippen LogP contribution in [-0.4, -0.2) is 95.9 Å². The second kappa shape index (κ2) is 83.8. The molecule has 5 atom stereocenters. The average molecular weight is 1590 g/mol. The summed E-state index contributed by atoms with van der Waals surface area (Å²) in [7, 11) is -9.83. The highest BCUT2D eigenvalue weighted by Crippen LogP contribution is 2.45. The van der Waals surface area contributed by atoms with E-state index in [0.29, 0.717) is 19.3 Å². The summed E-state index contributed by atoms with van der Waals surface area (Å²) in [5.74, 6) is -1.64. The molecule has 4 N–H and O–H groups in total. The van der Waals surface area contributed by atoms with Gasteiger partial charge in [0.15, 0.2) is 6.10 Å². The molecule has 0 saturated carbocycles. The third-order valence-electron chi connectivity index (χ3n) is 17.3. The number of aliphatic hydroxyl groups is 2. The molecule has 0 aromatic carbocycles. The maximum Gasteiger partial charge on any atom is 0.472 e. The van der Waals surface area contributed by atoms with Crippen LogP contribution in [-0.2, 0) is 55.8 Å². The van der Waals surface area contributed by atoms with Gasteiger partial charge < -0.3 is 34.2 Å².